The lowest BCUT2D eigenvalue weighted by molar-refractivity contribution is 0.0984. The van der Waals surface area contributed by atoms with Crippen molar-refractivity contribution in [1.29, 1.82) is 0 Å². The van der Waals surface area contributed by atoms with Crippen LogP contribution in [-0.2, 0) is 0 Å². The van der Waals surface area contributed by atoms with Gasteiger partial charge < -0.3 is 26.7 Å². The van der Waals surface area contributed by atoms with Crippen LogP contribution in [0.3, 0.4) is 0 Å². The molecule has 0 spiro atoms. The number of carbonyl (C=O) groups excluding carboxylic acids is 2. The molecular formula is C10H13N3O4. The number of carbonyl (C=O) groups is 2. The summed E-state index contributed by atoms with van der Waals surface area (Å²) in [6.07, 6.45) is 0. The number of ether oxygens (including phenoxy) is 2. The first-order valence-corrected chi connectivity index (χ1v) is 4.58. The molecular weight excluding hydrogens is 226 g/mol. The van der Waals surface area contributed by atoms with Gasteiger partial charge in [0.25, 0.3) is 11.8 Å². The Morgan fingerprint density at radius 3 is 2.06 bits per heavy atom. The number of amides is 2. The van der Waals surface area contributed by atoms with Crippen LogP contribution < -0.4 is 26.7 Å². The van der Waals surface area contributed by atoms with E-state index in [0.29, 0.717) is 0 Å². The quantitative estimate of drug-likeness (QED) is 0.608. The Labute approximate surface area is 97.5 Å². The van der Waals surface area contributed by atoms with Gasteiger partial charge in [-0.1, -0.05) is 0 Å². The zero-order chi connectivity index (χ0) is 13.2. The number of methoxy groups -OCH3 is 2. The van der Waals surface area contributed by atoms with Gasteiger partial charge in [0.05, 0.1) is 25.5 Å². The number of benzene rings is 1. The third kappa shape index (κ3) is 2.07. The summed E-state index contributed by atoms with van der Waals surface area (Å²) in [4.78, 5) is 22.4. The molecule has 0 atom stereocenters. The Hall–Kier alpha value is -2.44. The van der Waals surface area contributed by atoms with Crippen molar-refractivity contribution in [2.75, 3.05) is 20.0 Å². The minimum atomic E-state index is -0.784. The normalized spacial score (nSPS) is 9.76. The summed E-state index contributed by atoms with van der Waals surface area (Å²) in [6.45, 7) is 0. The minimum absolute atomic E-state index is 0.00657. The molecule has 7 nitrogen and oxygen atoms in total. The Kier molecular flexibility index (Phi) is 3.42. The summed E-state index contributed by atoms with van der Waals surface area (Å²) in [5.41, 5.74) is 15.9. The van der Waals surface area contributed by atoms with Gasteiger partial charge in [0.1, 0.15) is 11.3 Å². The fraction of sp³-hybridized carbons (Fsp3) is 0.200. The molecule has 1 aromatic rings. The summed E-state index contributed by atoms with van der Waals surface area (Å²) in [5, 5.41) is 0. The molecule has 7 heteroatoms. The Morgan fingerprint density at radius 1 is 1.12 bits per heavy atom. The van der Waals surface area contributed by atoms with E-state index in [-0.39, 0.29) is 28.3 Å². The van der Waals surface area contributed by atoms with Crippen LogP contribution in [0.4, 0.5) is 5.69 Å². The Bertz CT molecular complexity index is 485. The van der Waals surface area contributed by atoms with E-state index in [2.05, 4.69) is 0 Å². The summed E-state index contributed by atoms with van der Waals surface area (Å²) >= 11 is 0. The maximum atomic E-state index is 11.2. The van der Waals surface area contributed by atoms with E-state index in [1.165, 1.54) is 20.3 Å². The highest BCUT2D eigenvalue weighted by molar-refractivity contribution is 6.06. The zero-order valence-electron chi connectivity index (χ0n) is 9.44. The second-order valence-corrected chi connectivity index (χ2v) is 3.18. The fourth-order valence-corrected chi connectivity index (χ4v) is 1.48. The van der Waals surface area contributed by atoms with Crippen LogP contribution in [0, 0.1) is 0 Å². The maximum absolute atomic E-state index is 11.2. The summed E-state index contributed by atoms with van der Waals surface area (Å²) in [6, 6.07) is 1.26. The van der Waals surface area contributed by atoms with Crippen molar-refractivity contribution in [2.45, 2.75) is 0 Å². The number of primary amides is 2. The number of nitrogen functional groups attached to an aromatic ring is 1. The average molecular weight is 239 g/mol. The first-order chi connectivity index (χ1) is 7.93. The third-order valence-electron chi connectivity index (χ3n) is 2.22. The van der Waals surface area contributed by atoms with E-state index in [0.717, 1.165) is 0 Å². The van der Waals surface area contributed by atoms with E-state index in [1.54, 1.807) is 0 Å². The van der Waals surface area contributed by atoms with Gasteiger partial charge in [-0.2, -0.15) is 0 Å². The van der Waals surface area contributed by atoms with Crippen molar-refractivity contribution in [3.8, 4) is 11.5 Å². The molecule has 17 heavy (non-hydrogen) atoms. The smallest absolute Gasteiger partial charge is 0.254 e. The standard InChI is InChI=1S/C10H13N3O4/c1-16-5-3-4(9(12)14)8(17-2)7(11)6(5)10(13)15/h3H,11H2,1-2H3,(H2,12,14)(H2,13,15). The first kappa shape index (κ1) is 12.6. The molecule has 1 rings (SSSR count). The van der Waals surface area contributed by atoms with Crippen LogP contribution in [0.1, 0.15) is 20.7 Å². The second-order valence-electron chi connectivity index (χ2n) is 3.18. The van der Waals surface area contributed by atoms with Crippen molar-refractivity contribution in [3.63, 3.8) is 0 Å². The summed E-state index contributed by atoms with van der Waals surface area (Å²) < 4.78 is 9.87. The molecule has 0 saturated carbocycles. The molecule has 92 valence electrons. The van der Waals surface area contributed by atoms with E-state index in [4.69, 9.17) is 26.7 Å². The van der Waals surface area contributed by atoms with Crippen molar-refractivity contribution >= 4 is 17.5 Å². The molecule has 0 aliphatic heterocycles. The molecule has 0 unspecified atom stereocenters. The maximum Gasteiger partial charge on any atom is 0.254 e. The van der Waals surface area contributed by atoms with Gasteiger partial charge in [-0.05, 0) is 6.07 Å². The second kappa shape index (κ2) is 4.60. The number of nitrogens with two attached hydrogens (primary N) is 3. The molecule has 2 amide bonds. The van der Waals surface area contributed by atoms with Crippen LogP contribution in [0.25, 0.3) is 0 Å². The largest absolute Gasteiger partial charge is 0.496 e. The molecule has 1 aromatic carbocycles. The van der Waals surface area contributed by atoms with Crippen molar-refractivity contribution in [1.82, 2.24) is 0 Å². The summed E-state index contributed by atoms with van der Waals surface area (Å²) in [5.74, 6) is -1.45. The van der Waals surface area contributed by atoms with Crippen LogP contribution in [0.15, 0.2) is 6.07 Å². The lowest BCUT2D eigenvalue weighted by Crippen LogP contribution is -2.19. The topological polar surface area (TPSA) is 131 Å². The van der Waals surface area contributed by atoms with Gasteiger partial charge in [-0.25, -0.2) is 0 Å². The SMILES string of the molecule is COc1cc(C(N)=O)c(OC)c(N)c1C(N)=O. The van der Waals surface area contributed by atoms with Gasteiger partial charge in [-0.15, -0.1) is 0 Å². The van der Waals surface area contributed by atoms with Crippen LogP contribution in [0.5, 0.6) is 11.5 Å². The first-order valence-electron chi connectivity index (χ1n) is 4.58. The molecule has 0 radical (unpaired) electrons. The molecule has 0 saturated heterocycles. The molecule has 0 fully saturated rings. The highest BCUT2D eigenvalue weighted by atomic mass is 16.5. The molecule has 0 aromatic heterocycles. The predicted molar refractivity (Wildman–Crippen MR) is 61.0 cm³/mol. The lowest BCUT2D eigenvalue weighted by Gasteiger charge is -2.15. The van der Waals surface area contributed by atoms with Crippen LogP contribution in [-0.4, -0.2) is 26.0 Å². The monoisotopic (exact) mass is 239 g/mol. The van der Waals surface area contributed by atoms with Gasteiger partial charge in [0.2, 0.25) is 0 Å². The van der Waals surface area contributed by atoms with Gasteiger partial charge in [-0.3, -0.25) is 9.59 Å². The minimum Gasteiger partial charge on any atom is -0.496 e. The molecule has 0 aliphatic rings. The van der Waals surface area contributed by atoms with Gasteiger partial charge in [0, 0.05) is 0 Å². The Balaban J connectivity index is 3.66. The van der Waals surface area contributed by atoms with Gasteiger partial charge >= 0.3 is 0 Å². The predicted octanol–water partition coefficient (Wildman–Crippen LogP) is -0.516. The van der Waals surface area contributed by atoms with E-state index >= 15 is 0 Å². The Morgan fingerprint density at radius 2 is 1.71 bits per heavy atom. The average Bonchev–Trinajstić information content (AvgIpc) is 2.26. The fourth-order valence-electron chi connectivity index (χ4n) is 1.48. The van der Waals surface area contributed by atoms with Gasteiger partial charge in [0.15, 0.2) is 5.75 Å². The molecule has 0 aliphatic carbocycles. The zero-order valence-corrected chi connectivity index (χ0v) is 9.44. The van der Waals surface area contributed by atoms with E-state index < -0.39 is 11.8 Å². The number of hydrogen-bond acceptors (Lipinski definition) is 5. The number of hydrogen-bond donors (Lipinski definition) is 3. The van der Waals surface area contributed by atoms with Crippen LogP contribution in [0.2, 0.25) is 0 Å². The number of rotatable bonds is 4. The lowest BCUT2D eigenvalue weighted by atomic mass is 10.0. The summed E-state index contributed by atoms with van der Waals surface area (Å²) in [7, 11) is 2.62. The van der Waals surface area contributed by atoms with E-state index in [9.17, 15) is 9.59 Å². The molecule has 0 heterocycles. The molecule has 0 bridgehead atoms. The highest BCUT2D eigenvalue weighted by Gasteiger charge is 2.23. The highest BCUT2D eigenvalue weighted by Crippen LogP contribution is 2.36. The van der Waals surface area contributed by atoms with Crippen molar-refractivity contribution in [2.24, 2.45) is 11.5 Å². The molecule has 6 N–H and O–H groups in total. The van der Waals surface area contributed by atoms with Crippen molar-refractivity contribution < 1.29 is 19.1 Å². The number of anilines is 1. The van der Waals surface area contributed by atoms with Crippen LogP contribution >= 0.6 is 0 Å². The van der Waals surface area contributed by atoms with Crippen molar-refractivity contribution in [3.05, 3.63) is 17.2 Å². The third-order valence-corrected chi connectivity index (χ3v) is 2.22. The van der Waals surface area contributed by atoms with E-state index in [1.807, 2.05) is 0 Å².